The summed E-state index contributed by atoms with van der Waals surface area (Å²) in [6.45, 7) is 6.67. The minimum absolute atomic E-state index is 0.0339. The van der Waals surface area contributed by atoms with Crippen LogP contribution in [0.5, 0.6) is 11.5 Å². The third-order valence-corrected chi connectivity index (χ3v) is 7.99. The number of carbonyl (C=O) groups is 1. The van der Waals surface area contributed by atoms with Crippen molar-refractivity contribution in [1.82, 2.24) is 24.6 Å². The quantitative estimate of drug-likeness (QED) is 0.282. The molecule has 0 radical (unpaired) electrons. The molecule has 1 saturated heterocycles. The zero-order valence-corrected chi connectivity index (χ0v) is 24.1. The summed E-state index contributed by atoms with van der Waals surface area (Å²) in [6.07, 6.45) is 1.33. The van der Waals surface area contributed by atoms with E-state index in [1.165, 1.54) is 17.7 Å². The molecular weight excluding hydrogens is 547 g/mol. The summed E-state index contributed by atoms with van der Waals surface area (Å²) in [5.74, 6) is 2.39. The molecule has 5 aromatic rings. The molecule has 7 rings (SSSR count). The molecule has 0 aliphatic carbocycles. The van der Waals surface area contributed by atoms with Crippen molar-refractivity contribution in [3.05, 3.63) is 101 Å². The van der Waals surface area contributed by atoms with Crippen molar-refractivity contribution in [2.75, 3.05) is 37.9 Å². The highest BCUT2D eigenvalue weighted by Crippen LogP contribution is 2.34. The van der Waals surface area contributed by atoms with Gasteiger partial charge in [-0.15, -0.1) is 0 Å². The molecule has 43 heavy (non-hydrogen) atoms. The van der Waals surface area contributed by atoms with E-state index in [1.54, 1.807) is 35.0 Å². The molecule has 218 valence electrons. The Morgan fingerprint density at radius 2 is 1.67 bits per heavy atom. The molecule has 0 saturated carbocycles. The van der Waals surface area contributed by atoms with Gasteiger partial charge < -0.3 is 19.3 Å². The van der Waals surface area contributed by atoms with Crippen molar-refractivity contribution in [3.8, 4) is 17.2 Å². The van der Waals surface area contributed by atoms with Gasteiger partial charge in [-0.25, -0.2) is 19.0 Å². The van der Waals surface area contributed by atoms with Crippen LogP contribution in [0.15, 0.2) is 66.7 Å². The fraction of sp³-hybridized carbons (Fsp3) is 0.273. The van der Waals surface area contributed by atoms with Crippen LogP contribution in [-0.2, 0) is 6.42 Å². The Morgan fingerprint density at radius 3 is 2.49 bits per heavy atom. The van der Waals surface area contributed by atoms with E-state index in [0.29, 0.717) is 54.6 Å². The fourth-order valence-corrected chi connectivity index (χ4v) is 5.71. The largest absolute Gasteiger partial charge is 0.454 e. The highest BCUT2D eigenvalue weighted by atomic mass is 19.1. The lowest BCUT2D eigenvalue weighted by Gasteiger charge is -2.24. The van der Waals surface area contributed by atoms with E-state index >= 15 is 0 Å². The van der Waals surface area contributed by atoms with E-state index in [1.807, 2.05) is 11.8 Å². The SMILES string of the molecule is Cc1ccc(Cc2nc(N3CCCN(C(=O)c4ccc5c(c4)OCO5)CC3)c3c(C)nn(-c4ccc(F)cc4)c3n2)cc1. The summed E-state index contributed by atoms with van der Waals surface area (Å²) in [5, 5.41) is 5.67. The maximum Gasteiger partial charge on any atom is 0.254 e. The van der Waals surface area contributed by atoms with Gasteiger partial charge in [0.15, 0.2) is 17.1 Å². The third-order valence-electron chi connectivity index (χ3n) is 7.99. The number of amides is 1. The van der Waals surface area contributed by atoms with Gasteiger partial charge in [-0.3, -0.25) is 4.79 Å². The van der Waals surface area contributed by atoms with Crippen molar-refractivity contribution in [3.63, 3.8) is 0 Å². The number of carbonyl (C=O) groups excluding carboxylic acids is 1. The van der Waals surface area contributed by atoms with Crippen LogP contribution < -0.4 is 14.4 Å². The maximum atomic E-state index is 13.8. The summed E-state index contributed by atoms with van der Waals surface area (Å²) >= 11 is 0. The van der Waals surface area contributed by atoms with Gasteiger partial charge in [0.25, 0.3) is 5.91 Å². The smallest absolute Gasteiger partial charge is 0.254 e. The molecule has 3 aromatic carbocycles. The van der Waals surface area contributed by atoms with Gasteiger partial charge in [-0.05, 0) is 68.3 Å². The maximum absolute atomic E-state index is 13.8. The number of ether oxygens (including phenoxy) is 2. The van der Waals surface area contributed by atoms with E-state index in [9.17, 15) is 9.18 Å². The lowest BCUT2D eigenvalue weighted by molar-refractivity contribution is 0.0766. The van der Waals surface area contributed by atoms with E-state index in [-0.39, 0.29) is 18.5 Å². The number of aryl methyl sites for hydroxylation is 2. The second kappa shape index (κ2) is 11.0. The Bertz CT molecular complexity index is 1820. The van der Waals surface area contributed by atoms with Gasteiger partial charge in [0.2, 0.25) is 6.79 Å². The van der Waals surface area contributed by atoms with E-state index in [4.69, 9.17) is 24.5 Å². The summed E-state index contributed by atoms with van der Waals surface area (Å²) in [6, 6.07) is 19.9. The first-order valence-corrected chi connectivity index (χ1v) is 14.4. The number of halogens is 1. The van der Waals surface area contributed by atoms with E-state index < -0.39 is 0 Å². The molecule has 2 aromatic heterocycles. The Balaban J connectivity index is 1.23. The van der Waals surface area contributed by atoms with Gasteiger partial charge in [-0.1, -0.05) is 29.8 Å². The van der Waals surface area contributed by atoms with Crippen LogP contribution in [0.4, 0.5) is 10.2 Å². The van der Waals surface area contributed by atoms with Gasteiger partial charge in [-0.2, -0.15) is 5.10 Å². The zero-order chi connectivity index (χ0) is 29.5. The molecule has 1 fully saturated rings. The molecular formula is C33H31FN6O3. The van der Waals surface area contributed by atoms with Gasteiger partial charge >= 0.3 is 0 Å². The summed E-state index contributed by atoms with van der Waals surface area (Å²) < 4.78 is 26.4. The highest BCUT2D eigenvalue weighted by Gasteiger charge is 2.26. The molecule has 2 aliphatic heterocycles. The predicted molar refractivity (Wildman–Crippen MR) is 161 cm³/mol. The Kier molecular flexibility index (Phi) is 6.89. The number of fused-ring (bicyclic) bond motifs is 2. The molecule has 9 nitrogen and oxygen atoms in total. The van der Waals surface area contributed by atoms with Crippen LogP contribution in [0.3, 0.4) is 0 Å². The summed E-state index contributed by atoms with van der Waals surface area (Å²) in [5.41, 5.74) is 5.07. The Labute approximate surface area is 248 Å². The van der Waals surface area contributed by atoms with Gasteiger partial charge in [0.05, 0.1) is 16.8 Å². The number of aromatic nitrogens is 4. The average molecular weight is 579 g/mol. The minimum Gasteiger partial charge on any atom is -0.454 e. The van der Waals surface area contributed by atoms with Crippen LogP contribution in [-0.4, -0.2) is 63.5 Å². The van der Waals surface area contributed by atoms with E-state index in [2.05, 4.69) is 36.1 Å². The van der Waals surface area contributed by atoms with Crippen molar-refractivity contribution in [2.45, 2.75) is 26.7 Å². The summed E-state index contributed by atoms with van der Waals surface area (Å²) in [4.78, 5) is 27.7. The Hall–Kier alpha value is -4.99. The van der Waals surface area contributed by atoms with Gasteiger partial charge in [0.1, 0.15) is 17.5 Å². The molecule has 2 aliphatic rings. The van der Waals surface area contributed by atoms with Crippen molar-refractivity contribution >= 4 is 22.8 Å². The normalized spacial score (nSPS) is 14.8. The zero-order valence-electron chi connectivity index (χ0n) is 24.1. The number of rotatable bonds is 5. The monoisotopic (exact) mass is 578 g/mol. The Morgan fingerprint density at radius 1 is 0.884 bits per heavy atom. The van der Waals surface area contributed by atoms with Crippen molar-refractivity contribution in [1.29, 1.82) is 0 Å². The van der Waals surface area contributed by atoms with Crippen LogP contribution in [0.2, 0.25) is 0 Å². The molecule has 1 amide bonds. The molecule has 0 spiro atoms. The third kappa shape index (κ3) is 5.24. The van der Waals surface area contributed by atoms with Crippen LogP contribution in [0.25, 0.3) is 16.7 Å². The number of anilines is 1. The molecule has 0 bridgehead atoms. The lowest BCUT2D eigenvalue weighted by Crippen LogP contribution is -2.35. The average Bonchev–Trinajstić information content (AvgIpc) is 3.53. The fourth-order valence-electron chi connectivity index (χ4n) is 5.71. The summed E-state index contributed by atoms with van der Waals surface area (Å²) in [7, 11) is 0. The molecule has 0 N–H and O–H groups in total. The van der Waals surface area contributed by atoms with E-state index in [0.717, 1.165) is 41.1 Å². The van der Waals surface area contributed by atoms with Crippen LogP contribution >= 0.6 is 0 Å². The molecule has 0 atom stereocenters. The van der Waals surface area contributed by atoms with Gasteiger partial charge in [0, 0.05) is 38.2 Å². The first-order chi connectivity index (χ1) is 20.9. The lowest BCUT2D eigenvalue weighted by atomic mass is 10.1. The second-order valence-corrected chi connectivity index (χ2v) is 11.0. The predicted octanol–water partition coefficient (Wildman–Crippen LogP) is 5.24. The van der Waals surface area contributed by atoms with Crippen LogP contribution in [0, 0.1) is 19.7 Å². The standard InChI is InChI=1S/C33H31FN6O3/c1-21-4-6-23(7-5-21)18-29-35-31(30-22(2)37-40(32(30)36-29)26-11-9-25(34)10-12-26)38-14-3-15-39(17-16-38)33(41)24-8-13-27-28(19-24)43-20-42-27/h4-13,19H,3,14-18,20H2,1-2H3. The highest BCUT2D eigenvalue weighted by molar-refractivity contribution is 5.95. The molecule has 0 unspecified atom stereocenters. The number of hydrogen-bond donors (Lipinski definition) is 0. The number of nitrogens with zero attached hydrogens (tertiary/aromatic N) is 6. The molecule has 4 heterocycles. The topological polar surface area (TPSA) is 85.6 Å². The number of benzene rings is 3. The molecule has 10 heteroatoms. The number of hydrogen-bond acceptors (Lipinski definition) is 7. The minimum atomic E-state index is -0.309. The first kappa shape index (κ1) is 26.9. The first-order valence-electron chi connectivity index (χ1n) is 14.4. The second-order valence-electron chi connectivity index (χ2n) is 11.0. The van der Waals surface area contributed by atoms with Crippen LogP contribution in [0.1, 0.15) is 39.4 Å². The van der Waals surface area contributed by atoms with Crippen molar-refractivity contribution in [2.24, 2.45) is 0 Å². The van der Waals surface area contributed by atoms with Crippen molar-refractivity contribution < 1.29 is 18.7 Å².